The van der Waals surface area contributed by atoms with E-state index in [0.29, 0.717) is 13.2 Å². The molecule has 2 fully saturated rings. The first-order chi connectivity index (χ1) is 12.2. The van der Waals surface area contributed by atoms with E-state index in [9.17, 15) is 4.79 Å². The highest BCUT2D eigenvalue weighted by atomic mass is 16.7. The summed E-state index contributed by atoms with van der Waals surface area (Å²) in [4.78, 5) is 14.2. The molecule has 0 aromatic carbocycles. The van der Waals surface area contributed by atoms with Crippen molar-refractivity contribution in [1.82, 2.24) is 4.98 Å². The molecule has 2 saturated heterocycles. The fourth-order valence-electron chi connectivity index (χ4n) is 1.70. The number of carbonyl (C=O) groups is 1. The van der Waals surface area contributed by atoms with Crippen LogP contribution in [-0.4, -0.2) is 37.1 Å². The predicted octanol–water partition coefficient (Wildman–Crippen LogP) is 4.93. The van der Waals surface area contributed by atoms with E-state index in [2.05, 4.69) is 4.98 Å². The van der Waals surface area contributed by atoms with Gasteiger partial charge in [0.05, 0.1) is 6.10 Å². The second-order valence-corrected chi connectivity index (χ2v) is 4.95. The lowest BCUT2D eigenvalue weighted by Crippen LogP contribution is -1.98. The summed E-state index contributed by atoms with van der Waals surface area (Å²) in [5, 5.41) is 0. The molecule has 2 aliphatic heterocycles. The van der Waals surface area contributed by atoms with Gasteiger partial charge in [-0.05, 0) is 45.2 Å². The van der Waals surface area contributed by atoms with E-state index in [1.807, 2.05) is 59.7 Å². The number of esters is 1. The number of hydrogen-bond donors (Lipinski definition) is 0. The monoisotopic (exact) mass is 355 g/mol. The van der Waals surface area contributed by atoms with E-state index in [-0.39, 0.29) is 12.1 Å². The lowest BCUT2D eigenvalue weighted by molar-refractivity contribution is -0.140. The Morgan fingerprint density at radius 2 is 1.64 bits per heavy atom. The summed E-state index contributed by atoms with van der Waals surface area (Å²) in [6.45, 7) is 14.1. The summed E-state index contributed by atoms with van der Waals surface area (Å²) >= 11 is 0. The molecular formula is C20H37NO4. The van der Waals surface area contributed by atoms with Crippen molar-refractivity contribution in [3.63, 3.8) is 0 Å². The van der Waals surface area contributed by atoms with Crippen LogP contribution >= 0.6 is 0 Å². The highest BCUT2D eigenvalue weighted by Crippen LogP contribution is 2.11. The number of cyclic esters (lactones) is 1. The molecule has 3 heterocycles. The maximum absolute atomic E-state index is 10.2. The van der Waals surface area contributed by atoms with Crippen LogP contribution in [0.4, 0.5) is 0 Å². The van der Waals surface area contributed by atoms with Gasteiger partial charge < -0.3 is 14.2 Å². The maximum Gasteiger partial charge on any atom is 0.306 e. The van der Waals surface area contributed by atoms with E-state index in [4.69, 9.17) is 14.2 Å². The molecule has 0 spiro atoms. The van der Waals surface area contributed by atoms with Crippen molar-refractivity contribution in [2.24, 2.45) is 0 Å². The van der Waals surface area contributed by atoms with E-state index in [1.54, 1.807) is 6.20 Å². The smallest absolute Gasteiger partial charge is 0.306 e. The van der Waals surface area contributed by atoms with Crippen LogP contribution in [-0.2, 0) is 19.0 Å². The van der Waals surface area contributed by atoms with Crippen LogP contribution in [0.2, 0.25) is 0 Å². The zero-order valence-electron chi connectivity index (χ0n) is 16.9. The first kappa shape index (κ1) is 25.8. The number of pyridine rings is 1. The summed E-state index contributed by atoms with van der Waals surface area (Å²) in [6, 6.07) is 5.86. The molecule has 3 rings (SSSR count). The van der Waals surface area contributed by atoms with Crippen LogP contribution < -0.4 is 0 Å². The van der Waals surface area contributed by atoms with E-state index < -0.39 is 0 Å². The van der Waals surface area contributed by atoms with Crippen molar-refractivity contribution in [2.75, 3.05) is 20.0 Å². The van der Waals surface area contributed by atoms with Crippen molar-refractivity contribution in [3.8, 4) is 0 Å². The molecule has 25 heavy (non-hydrogen) atoms. The van der Waals surface area contributed by atoms with Crippen molar-refractivity contribution >= 4 is 5.97 Å². The van der Waals surface area contributed by atoms with Gasteiger partial charge in [-0.2, -0.15) is 0 Å². The Morgan fingerprint density at radius 3 is 1.92 bits per heavy atom. The molecule has 0 radical (unpaired) electrons. The second kappa shape index (κ2) is 20.6. The van der Waals surface area contributed by atoms with Crippen LogP contribution in [0.15, 0.2) is 24.4 Å². The predicted molar refractivity (Wildman–Crippen MR) is 102 cm³/mol. The molecule has 1 aromatic heterocycles. The zero-order valence-corrected chi connectivity index (χ0v) is 16.9. The molecule has 5 nitrogen and oxygen atoms in total. The van der Waals surface area contributed by atoms with Crippen LogP contribution in [0.1, 0.15) is 66.0 Å². The van der Waals surface area contributed by atoms with Crippen LogP contribution in [0.5, 0.6) is 0 Å². The van der Waals surface area contributed by atoms with Crippen LogP contribution in [0, 0.1) is 6.92 Å². The number of ether oxygens (including phenoxy) is 3. The van der Waals surface area contributed by atoms with Crippen LogP contribution in [0.25, 0.3) is 0 Å². The fourth-order valence-corrected chi connectivity index (χ4v) is 1.70. The Balaban J connectivity index is 0. The third kappa shape index (κ3) is 18.7. The number of rotatable bonds is 0. The van der Waals surface area contributed by atoms with Gasteiger partial charge in [0.15, 0.2) is 0 Å². The molecule has 0 bridgehead atoms. The Morgan fingerprint density at radius 1 is 1.04 bits per heavy atom. The molecule has 0 N–H and O–H groups in total. The first-order valence-corrected chi connectivity index (χ1v) is 9.41. The lowest BCUT2D eigenvalue weighted by Gasteiger charge is -1.95. The van der Waals surface area contributed by atoms with Gasteiger partial charge in [-0.15, -0.1) is 0 Å². The number of nitrogens with zero attached hydrogens (tertiary/aromatic N) is 1. The SMILES string of the molecule is C1CCOCOC1.CC.CC.C[C@H]1CCC(=O)O1.Cc1ccccn1. The van der Waals surface area contributed by atoms with Crippen molar-refractivity contribution in [1.29, 1.82) is 0 Å². The Kier molecular flexibility index (Phi) is 21.2. The Bertz CT molecular complexity index is 365. The van der Waals surface area contributed by atoms with Gasteiger partial charge in [0, 0.05) is 31.5 Å². The second-order valence-electron chi connectivity index (χ2n) is 4.95. The average Bonchev–Trinajstić information content (AvgIpc) is 2.88. The minimum atomic E-state index is -0.0486. The lowest BCUT2D eigenvalue weighted by atomic mass is 10.3. The number of aryl methyl sites for hydroxylation is 1. The third-order valence-electron chi connectivity index (χ3n) is 2.89. The minimum absolute atomic E-state index is 0.0486. The normalized spacial score (nSPS) is 18.2. The molecular weight excluding hydrogens is 318 g/mol. The first-order valence-electron chi connectivity index (χ1n) is 9.41. The molecule has 0 unspecified atom stereocenters. The van der Waals surface area contributed by atoms with Crippen LogP contribution in [0.3, 0.4) is 0 Å². The zero-order chi connectivity index (χ0) is 19.3. The quantitative estimate of drug-likeness (QED) is 0.618. The summed E-state index contributed by atoms with van der Waals surface area (Å²) in [7, 11) is 0. The molecule has 1 aromatic rings. The average molecular weight is 356 g/mol. The molecule has 1 atom stereocenters. The molecule has 146 valence electrons. The van der Waals surface area contributed by atoms with E-state index in [1.165, 1.54) is 0 Å². The molecule has 0 amide bonds. The number of aromatic nitrogens is 1. The Hall–Kier alpha value is -1.46. The summed E-state index contributed by atoms with van der Waals surface area (Å²) < 4.78 is 14.7. The summed E-state index contributed by atoms with van der Waals surface area (Å²) in [6.07, 6.45) is 5.78. The van der Waals surface area contributed by atoms with Crippen molar-refractivity contribution in [3.05, 3.63) is 30.1 Å². The minimum Gasteiger partial charge on any atom is -0.463 e. The Labute approximate surface area is 154 Å². The number of hydrogen-bond acceptors (Lipinski definition) is 5. The van der Waals surface area contributed by atoms with Gasteiger partial charge in [0.2, 0.25) is 0 Å². The highest BCUT2D eigenvalue weighted by Gasteiger charge is 2.17. The number of carbonyl (C=O) groups excluding carboxylic acids is 1. The summed E-state index contributed by atoms with van der Waals surface area (Å²) in [5.74, 6) is -0.0486. The van der Waals surface area contributed by atoms with Gasteiger partial charge >= 0.3 is 5.97 Å². The topological polar surface area (TPSA) is 57.7 Å². The van der Waals surface area contributed by atoms with Gasteiger partial charge in [0.1, 0.15) is 6.79 Å². The standard InChI is InChI=1S/C6H7N.C5H8O2.C5H10O2.2C2H6/c1-6-4-2-3-5-7-6;1-4-2-3-5(6)7-4;1-2-4-7-5-6-3-1;2*1-2/h2-5H,1H3;4H,2-3H2,1H3;1-5H2;2*1-2H3/t;4-;;;/m.0.../s1. The summed E-state index contributed by atoms with van der Waals surface area (Å²) in [5.41, 5.74) is 1.07. The molecule has 2 aliphatic rings. The van der Waals surface area contributed by atoms with Crippen molar-refractivity contribution < 1.29 is 19.0 Å². The third-order valence-corrected chi connectivity index (χ3v) is 2.89. The van der Waals surface area contributed by atoms with Gasteiger partial charge in [-0.1, -0.05) is 33.8 Å². The van der Waals surface area contributed by atoms with E-state index >= 15 is 0 Å². The molecule has 5 heteroatoms. The maximum atomic E-state index is 10.2. The fraction of sp³-hybridized carbons (Fsp3) is 0.700. The van der Waals surface area contributed by atoms with E-state index in [0.717, 1.165) is 38.2 Å². The van der Waals surface area contributed by atoms with Gasteiger partial charge in [-0.3, -0.25) is 9.78 Å². The largest absolute Gasteiger partial charge is 0.463 e. The van der Waals surface area contributed by atoms with Gasteiger partial charge in [0.25, 0.3) is 0 Å². The van der Waals surface area contributed by atoms with Crippen molar-refractivity contribution in [2.45, 2.75) is 73.3 Å². The highest BCUT2D eigenvalue weighted by molar-refractivity contribution is 5.71. The molecule has 0 saturated carbocycles. The molecule has 0 aliphatic carbocycles. The van der Waals surface area contributed by atoms with Gasteiger partial charge in [-0.25, -0.2) is 0 Å².